The van der Waals surface area contributed by atoms with Gasteiger partial charge in [0.2, 0.25) is 0 Å². The molecule has 0 bridgehead atoms. The van der Waals surface area contributed by atoms with Crippen molar-refractivity contribution in [2.24, 2.45) is 17.4 Å². The van der Waals surface area contributed by atoms with Crippen LogP contribution in [0.3, 0.4) is 0 Å². The Bertz CT molecular complexity index is 942. The molecule has 1 aromatic carbocycles. The van der Waals surface area contributed by atoms with Crippen molar-refractivity contribution >= 4 is 23.5 Å². The van der Waals surface area contributed by atoms with Gasteiger partial charge in [-0.25, -0.2) is 9.18 Å². The van der Waals surface area contributed by atoms with Crippen molar-refractivity contribution in [2.45, 2.75) is 12.6 Å². The Morgan fingerprint density at radius 1 is 1.26 bits per heavy atom. The first-order chi connectivity index (χ1) is 12.9. The maximum absolute atomic E-state index is 13.5. The van der Waals surface area contributed by atoms with Crippen LogP contribution in [0.1, 0.15) is 22.1 Å². The Morgan fingerprint density at radius 2 is 2.00 bits per heavy atom. The van der Waals surface area contributed by atoms with Gasteiger partial charge in [0.25, 0.3) is 5.91 Å². The first kappa shape index (κ1) is 17.7. The van der Waals surface area contributed by atoms with E-state index >= 15 is 0 Å². The second-order valence-corrected chi connectivity index (χ2v) is 7.13. The van der Waals surface area contributed by atoms with Crippen LogP contribution in [0.2, 0.25) is 5.02 Å². The fourth-order valence-corrected chi connectivity index (χ4v) is 3.96. The third-order valence-corrected chi connectivity index (χ3v) is 5.43. The third-order valence-electron chi connectivity index (χ3n) is 5.14. The summed E-state index contributed by atoms with van der Waals surface area (Å²) in [5.74, 6) is -1.14. The van der Waals surface area contributed by atoms with Gasteiger partial charge in [-0.2, -0.15) is 5.10 Å². The number of nitrogens with zero attached hydrogens (tertiary/aromatic N) is 3. The van der Waals surface area contributed by atoms with Gasteiger partial charge in [0.1, 0.15) is 11.5 Å². The average molecular weight is 393 g/mol. The van der Waals surface area contributed by atoms with E-state index in [1.54, 1.807) is 9.58 Å². The molecule has 2 aliphatic heterocycles. The number of carbonyl (C=O) groups is 2. The summed E-state index contributed by atoms with van der Waals surface area (Å²) in [6.07, 6.45) is 0. The van der Waals surface area contributed by atoms with E-state index in [-0.39, 0.29) is 16.5 Å². The maximum Gasteiger partial charge on any atom is 0.315 e. The van der Waals surface area contributed by atoms with E-state index in [1.807, 2.05) is 0 Å². The number of primary amides is 2. The highest BCUT2D eigenvalue weighted by molar-refractivity contribution is 6.31. The summed E-state index contributed by atoms with van der Waals surface area (Å²) in [5, 5.41) is 7.62. The molecule has 1 unspecified atom stereocenters. The zero-order chi connectivity index (χ0) is 19.3. The van der Waals surface area contributed by atoms with Crippen molar-refractivity contribution in [1.82, 2.24) is 20.0 Å². The van der Waals surface area contributed by atoms with E-state index < -0.39 is 23.8 Å². The summed E-state index contributed by atoms with van der Waals surface area (Å²) in [6.45, 7) is 2.14. The van der Waals surface area contributed by atoms with E-state index in [4.69, 9.17) is 23.1 Å². The molecule has 3 amide bonds. The lowest BCUT2D eigenvalue weighted by Gasteiger charge is -2.43. The van der Waals surface area contributed by atoms with E-state index in [0.717, 1.165) is 0 Å². The monoisotopic (exact) mass is 392 g/mol. The molecule has 4 rings (SSSR count). The number of nitrogens with two attached hydrogens (primary N) is 2. The largest absolute Gasteiger partial charge is 0.365 e. The predicted octanol–water partition coefficient (Wildman–Crippen LogP) is 1.10. The van der Waals surface area contributed by atoms with Crippen LogP contribution in [0, 0.1) is 11.7 Å². The van der Waals surface area contributed by atoms with Gasteiger partial charge in [0, 0.05) is 31.1 Å². The van der Waals surface area contributed by atoms with Crippen LogP contribution in [0.4, 0.5) is 9.18 Å². The second-order valence-electron chi connectivity index (χ2n) is 6.72. The molecule has 2 aliphatic rings. The van der Waals surface area contributed by atoms with Gasteiger partial charge in [-0.15, -0.1) is 0 Å². The number of halogens is 2. The topological polar surface area (TPSA) is 119 Å². The highest BCUT2D eigenvalue weighted by Gasteiger charge is 2.42. The molecule has 1 aromatic heterocycles. The lowest BCUT2D eigenvalue weighted by molar-refractivity contribution is 0.0946. The lowest BCUT2D eigenvalue weighted by atomic mass is 9.86. The summed E-state index contributed by atoms with van der Waals surface area (Å²) in [6, 6.07) is 3.15. The zero-order valence-corrected chi connectivity index (χ0v) is 15.0. The van der Waals surface area contributed by atoms with Gasteiger partial charge in [0.05, 0.1) is 28.9 Å². The van der Waals surface area contributed by atoms with Crippen LogP contribution < -0.4 is 16.8 Å². The number of hydrogen-bond donors (Lipinski definition) is 3. The number of nitrogens with one attached hydrogen (secondary N) is 1. The lowest BCUT2D eigenvalue weighted by Crippen LogP contribution is -2.55. The van der Waals surface area contributed by atoms with Crippen molar-refractivity contribution in [3.8, 4) is 11.3 Å². The molecule has 3 heterocycles. The zero-order valence-electron chi connectivity index (χ0n) is 14.3. The molecule has 27 heavy (non-hydrogen) atoms. The molecule has 1 fully saturated rings. The van der Waals surface area contributed by atoms with Crippen molar-refractivity contribution in [2.75, 3.05) is 19.6 Å². The van der Waals surface area contributed by atoms with E-state index in [9.17, 15) is 14.0 Å². The van der Waals surface area contributed by atoms with Gasteiger partial charge in [-0.1, -0.05) is 11.6 Å². The molecule has 5 N–H and O–H groups in total. The normalized spacial score (nSPS) is 19.5. The molecule has 0 aliphatic carbocycles. The molecule has 0 radical (unpaired) electrons. The van der Waals surface area contributed by atoms with Gasteiger partial charge < -0.3 is 21.7 Å². The van der Waals surface area contributed by atoms with Crippen LogP contribution >= 0.6 is 11.6 Å². The van der Waals surface area contributed by atoms with E-state index in [0.29, 0.717) is 43.1 Å². The summed E-state index contributed by atoms with van der Waals surface area (Å²) in [7, 11) is 0. The molecule has 8 nitrogen and oxygen atoms in total. The number of benzene rings is 1. The SMILES string of the molecule is NC(=O)c1c(-c2ccc(F)c(Cl)c2)nn2c1C(C1CNC1)N(C(N)=O)CC2. The molecule has 2 aromatic rings. The fourth-order valence-electron chi connectivity index (χ4n) is 3.78. The number of urea groups is 1. The van der Waals surface area contributed by atoms with Crippen molar-refractivity contribution < 1.29 is 14.0 Å². The molecule has 10 heteroatoms. The number of fused-ring (bicyclic) bond motifs is 1. The van der Waals surface area contributed by atoms with Crippen molar-refractivity contribution in [1.29, 1.82) is 0 Å². The molecule has 142 valence electrons. The smallest absolute Gasteiger partial charge is 0.315 e. The minimum Gasteiger partial charge on any atom is -0.365 e. The molecule has 1 atom stereocenters. The van der Waals surface area contributed by atoms with E-state index in [1.165, 1.54) is 18.2 Å². The molecular weight excluding hydrogens is 375 g/mol. The summed E-state index contributed by atoms with van der Waals surface area (Å²) in [5.41, 5.74) is 12.8. The Hall–Kier alpha value is -2.65. The van der Waals surface area contributed by atoms with Gasteiger partial charge in [0.15, 0.2) is 0 Å². The van der Waals surface area contributed by atoms with Gasteiger partial charge >= 0.3 is 6.03 Å². The number of rotatable bonds is 3. The number of amides is 3. The molecule has 1 saturated heterocycles. The van der Waals surface area contributed by atoms with E-state index in [2.05, 4.69) is 10.4 Å². The second kappa shape index (κ2) is 6.50. The van der Waals surface area contributed by atoms with Crippen LogP contribution in [0.25, 0.3) is 11.3 Å². The number of hydrogen-bond acceptors (Lipinski definition) is 4. The highest BCUT2D eigenvalue weighted by Crippen LogP contribution is 2.39. The Morgan fingerprint density at radius 3 is 2.56 bits per heavy atom. The molecular formula is C17H18ClFN6O2. The van der Waals surface area contributed by atoms with Crippen LogP contribution in [0.15, 0.2) is 18.2 Å². The number of carbonyl (C=O) groups excluding carboxylic acids is 2. The maximum atomic E-state index is 13.5. The highest BCUT2D eigenvalue weighted by atomic mass is 35.5. The predicted molar refractivity (Wildman–Crippen MR) is 96.5 cm³/mol. The Labute approximate surface area is 159 Å². The fraction of sp³-hybridized carbons (Fsp3) is 0.353. The summed E-state index contributed by atoms with van der Waals surface area (Å²) < 4.78 is 15.2. The van der Waals surface area contributed by atoms with Crippen molar-refractivity contribution in [3.63, 3.8) is 0 Å². The molecule has 0 spiro atoms. The summed E-state index contributed by atoms with van der Waals surface area (Å²) >= 11 is 5.89. The third kappa shape index (κ3) is 2.83. The average Bonchev–Trinajstić information content (AvgIpc) is 2.95. The first-order valence-electron chi connectivity index (χ1n) is 8.51. The minimum atomic E-state index is -0.671. The van der Waals surface area contributed by atoms with Crippen molar-refractivity contribution in [3.05, 3.63) is 40.3 Å². The standard InChI is InChI=1S/C17H18ClFN6O2/c18-10-5-8(1-2-11(10)19)13-12(16(20)26)15-14(9-6-22-7-9)24(17(21)27)3-4-25(15)23-13/h1-2,5,9,14,22H,3-4,6-7H2,(H2,20,26)(H2,21,27). The Balaban J connectivity index is 1.91. The van der Waals surface area contributed by atoms with Crippen LogP contribution in [-0.2, 0) is 6.54 Å². The Kier molecular flexibility index (Phi) is 4.27. The quantitative estimate of drug-likeness (QED) is 0.724. The number of aromatic nitrogens is 2. The van der Waals surface area contributed by atoms with Gasteiger partial charge in [-0.05, 0) is 18.2 Å². The molecule has 0 saturated carbocycles. The van der Waals surface area contributed by atoms with Gasteiger partial charge in [-0.3, -0.25) is 9.48 Å². The van der Waals surface area contributed by atoms with Crippen LogP contribution in [-0.4, -0.2) is 46.3 Å². The summed E-state index contributed by atoms with van der Waals surface area (Å²) in [4.78, 5) is 25.9. The minimum absolute atomic E-state index is 0.0765. The van der Waals surface area contributed by atoms with Crippen LogP contribution in [0.5, 0.6) is 0 Å². The first-order valence-corrected chi connectivity index (χ1v) is 8.89.